The summed E-state index contributed by atoms with van der Waals surface area (Å²) < 4.78 is 1.74. The van der Waals surface area contributed by atoms with E-state index in [1.54, 1.807) is 23.0 Å². The lowest BCUT2D eigenvalue weighted by Crippen LogP contribution is -2.30. The van der Waals surface area contributed by atoms with Crippen LogP contribution in [0.4, 0.5) is 11.4 Å². The fourth-order valence-electron chi connectivity index (χ4n) is 2.69. The van der Waals surface area contributed by atoms with Gasteiger partial charge in [-0.2, -0.15) is 5.10 Å². The van der Waals surface area contributed by atoms with Crippen molar-refractivity contribution in [2.75, 3.05) is 5.32 Å². The first-order valence-corrected chi connectivity index (χ1v) is 8.86. The lowest BCUT2D eigenvalue weighted by atomic mass is 10.1. The van der Waals surface area contributed by atoms with Crippen molar-refractivity contribution in [1.29, 1.82) is 0 Å². The molecule has 3 aromatic rings. The van der Waals surface area contributed by atoms with Gasteiger partial charge in [-0.25, -0.2) is 4.68 Å². The molecule has 1 aromatic heterocycles. The average molecular weight is 379 g/mol. The number of anilines is 1. The number of carbonyl (C=O) groups is 1. The molecular weight excluding hydrogens is 358 g/mol. The summed E-state index contributed by atoms with van der Waals surface area (Å²) in [6, 6.07) is 14.0. The third-order valence-corrected chi connectivity index (χ3v) is 4.02. The average Bonchev–Trinajstić information content (AvgIpc) is 3.15. The molecule has 0 unspecified atom stereocenters. The van der Waals surface area contributed by atoms with Gasteiger partial charge in [-0.1, -0.05) is 18.2 Å². The molecule has 2 aromatic carbocycles. The van der Waals surface area contributed by atoms with Crippen molar-refractivity contribution in [3.05, 3.63) is 82.2 Å². The van der Waals surface area contributed by atoms with Crippen molar-refractivity contribution >= 4 is 17.3 Å². The Morgan fingerprint density at radius 3 is 2.64 bits per heavy atom. The van der Waals surface area contributed by atoms with Crippen LogP contribution >= 0.6 is 0 Å². The largest absolute Gasteiger partial charge is 0.375 e. The SMILES string of the molecule is CC(C)NC(=O)c1ccc(NCc2cnn(-c3ccccc3)c2)c([N+](=O)[O-])c1. The Morgan fingerprint density at radius 2 is 1.96 bits per heavy atom. The summed E-state index contributed by atoms with van der Waals surface area (Å²) >= 11 is 0. The van der Waals surface area contributed by atoms with Gasteiger partial charge in [0.2, 0.25) is 0 Å². The first-order chi connectivity index (χ1) is 13.4. The second-order valence-electron chi connectivity index (χ2n) is 6.60. The monoisotopic (exact) mass is 379 g/mol. The number of nitrogens with zero attached hydrogens (tertiary/aromatic N) is 3. The third kappa shape index (κ3) is 4.53. The standard InChI is InChI=1S/C20H21N5O3/c1-14(2)23-20(26)16-8-9-18(19(10-16)25(27)28)21-11-15-12-22-24(13-15)17-6-4-3-5-7-17/h3-10,12-14,21H,11H2,1-2H3,(H,23,26). The van der Waals surface area contributed by atoms with E-state index >= 15 is 0 Å². The van der Waals surface area contributed by atoms with E-state index in [0.717, 1.165) is 11.3 Å². The first-order valence-electron chi connectivity index (χ1n) is 8.86. The van der Waals surface area contributed by atoms with E-state index < -0.39 is 4.92 Å². The van der Waals surface area contributed by atoms with Gasteiger partial charge in [0.05, 0.1) is 16.8 Å². The van der Waals surface area contributed by atoms with E-state index in [2.05, 4.69) is 15.7 Å². The molecule has 0 saturated heterocycles. The predicted molar refractivity (Wildman–Crippen MR) is 107 cm³/mol. The Balaban J connectivity index is 1.74. The number of nitro benzene ring substituents is 1. The fourth-order valence-corrected chi connectivity index (χ4v) is 2.69. The number of aromatic nitrogens is 2. The second kappa shape index (κ2) is 8.34. The molecular formula is C20H21N5O3. The van der Waals surface area contributed by atoms with Crippen LogP contribution in [0.1, 0.15) is 29.8 Å². The normalized spacial score (nSPS) is 10.7. The molecule has 8 heteroatoms. The van der Waals surface area contributed by atoms with Gasteiger partial charge in [0, 0.05) is 36.0 Å². The highest BCUT2D eigenvalue weighted by Crippen LogP contribution is 2.26. The van der Waals surface area contributed by atoms with Gasteiger partial charge in [-0.05, 0) is 38.1 Å². The summed E-state index contributed by atoms with van der Waals surface area (Å²) in [7, 11) is 0. The van der Waals surface area contributed by atoms with Gasteiger partial charge < -0.3 is 10.6 Å². The summed E-state index contributed by atoms with van der Waals surface area (Å²) in [5.41, 5.74) is 2.26. The summed E-state index contributed by atoms with van der Waals surface area (Å²) in [4.78, 5) is 23.0. The van der Waals surface area contributed by atoms with Crippen LogP contribution < -0.4 is 10.6 Å². The summed E-state index contributed by atoms with van der Waals surface area (Å²) in [5, 5.41) is 21.5. The maximum Gasteiger partial charge on any atom is 0.293 e. The summed E-state index contributed by atoms with van der Waals surface area (Å²) in [6.45, 7) is 4.03. The van der Waals surface area contributed by atoms with Gasteiger partial charge in [0.15, 0.2) is 0 Å². The van der Waals surface area contributed by atoms with Gasteiger partial charge in [-0.3, -0.25) is 14.9 Å². The van der Waals surface area contributed by atoms with Crippen LogP contribution in [0.3, 0.4) is 0 Å². The number of amides is 1. The fraction of sp³-hybridized carbons (Fsp3) is 0.200. The van der Waals surface area contributed by atoms with E-state index in [9.17, 15) is 14.9 Å². The minimum Gasteiger partial charge on any atom is -0.375 e. The molecule has 2 N–H and O–H groups in total. The molecule has 0 fully saturated rings. The number of nitrogens with one attached hydrogen (secondary N) is 2. The van der Waals surface area contributed by atoms with Crippen LogP contribution in [0.2, 0.25) is 0 Å². The molecule has 0 radical (unpaired) electrons. The molecule has 0 aliphatic rings. The molecule has 1 amide bonds. The molecule has 0 spiro atoms. The van der Waals surface area contributed by atoms with E-state index in [0.29, 0.717) is 12.2 Å². The summed E-state index contributed by atoms with van der Waals surface area (Å²) in [5.74, 6) is -0.339. The van der Waals surface area contributed by atoms with Gasteiger partial charge in [0.1, 0.15) is 5.69 Å². The van der Waals surface area contributed by atoms with Crippen LogP contribution in [0.15, 0.2) is 60.9 Å². The zero-order valence-corrected chi connectivity index (χ0v) is 15.6. The maximum atomic E-state index is 12.1. The molecule has 0 aliphatic heterocycles. The van der Waals surface area contributed by atoms with Crippen LogP contribution in [0, 0.1) is 10.1 Å². The molecule has 1 heterocycles. The Bertz CT molecular complexity index is 983. The first kappa shape index (κ1) is 19.1. The van der Waals surface area contributed by atoms with E-state index in [1.165, 1.54) is 6.07 Å². The van der Waals surface area contributed by atoms with Crippen LogP contribution in [-0.2, 0) is 6.54 Å². The molecule has 0 atom stereocenters. The predicted octanol–water partition coefficient (Wildman–Crippen LogP) is 3.53. The van der Waals surface area contributed by atoms with Crippen LogP contribution in [0.25, 0.3) is 5.69 Å². The quantitative estimate of drug-likeness (QED) is 0.483. The number of benzene rings is 2. The lowest BCUT2D eigenvalue weighted by Gasteiger charge is -2.10. The Labute approximate surface area is 162 Å². The number of rotatable bonds is 7. The maximum absolute atomic E-state index is 12.1. The van der Waals surface area contributed by atoms with Crippen LogP contribution in [0.5, 0.6) is 0 Å². The second-order valence-corrected chi connectivity index (χ2v) is 6.60. The molecule has 144 valence electrons. The van der Waals surface area contributed by atoms with Crippen LogP contribution in [-0.4, -0.2) is 26.7 Å². The number of hydrogen-bond donors (Lipinski definition) is 2. The van der Waals surface area contributed by atoms with Crippen molar-refractivity contribution in [3.8, 4) is 5.69 Å². The van der Waals surface area contributed by atoms with E-state index in [-0.39, 0.29) is 23.2 Å². The number of hydrogen-bond acceptors (Lipinski definition) is 5. The minimum atomic E-state index is -0.498. The Kier molecular flexibility index (Phi) is 5.69. The molecule has 28 heavy (non-hydrogen) atoms. The molecule has 0 saturated carbocycles. The number of carbonyl (C=O) groups excluding carboxylic acids is 1. The highest BCUT2D eigenvalue weighted by atomic mass is 16.6. The van der Waals surface area contributed by atoms with Gasteiger partial charge in [0.25, 0.3) is 11.6 Å². The third-order valence-electron chi connectivity index (χ3n) is 4.02. The van der Waals surface area contributed by atoms with Crippen molar-refractivity contribution in [2.24, 2.45) is 0 Å². The smallest absolute Gasteiger partial charge is 0.293 e. The number of nitro groups is 1. The zero-order valence-electron chi connectivity index (χ0n) is 15.6. The molecule has 0 bridgehead atoms. The number of para-hydroxylation sites is 1. The molecule has 0 aliphatic carbocycles. The highest BCUT2D eigenvalue weighted by molar-refractivity contribution is 5.95. The highest BCUT2D eigenvalue weighted by Gasteiger charge is 2.18. The minimum absolute atomic E-state index is 0.0505. The van der Waals surface area contributed by atoms with Gasteiger partial charge in [-0.15, -0.1) is 0 Å². The van der Waals surface area contributed by atoms with E-state index in [1.807, 2.05) is 50.4 Å². The molecule has 3 rings (SSSR count). The Morgan fingerprint density at radius 1 is 1.21 bits per heavy atom. The summed E-state index contributed by atoms with van der Waals surface area (Å²) in [6.07, 6.45) is 3.56. The van der Waals surface area contributed by atoms with Crippen molar-refractivity contribution in [3.63, 3.8) is 0 Å². The zero-order chi connectivity index (χ0) is 20.1. The van der Waals surface area contributed by atoms with E-state index in [4.69, 9.17) is 0 Å². The van der Waals surface area contributed by atoms with Crippen molar-refractivity contribution in [1.82, 2.24) is 15.1 Å². The molecule has 8 nitrogen and oxygen atoms in total. The van der Waals surface area contributed by atoms with Crippen molar-refractivity contribution < 1.29 is 9.72 Å². The topological polar surface area (TPSA) is 102 Å². The van der Waals surface area contributed by atoms with Gasteiger partial charge >= 0.3 is 0 Å². The Hall–Kier alpha value is -3.68. The van der Waals surface area contributed by atoms with Crippen molar-refractivity contribution in [2.45, 2.75) is 26.4 Å². The lowest BCUT2D eigenvalue weighted by molar-refractivity contribution is -0.384.